The Labute approximate surface area is 150 Å². The van der Waals surface area contributed by atoms with Crippen molar-refractivity contribution in [2.45, 2.75) is 0 Å². The van der Waals surface area contributed by atoms with Gasteiger partial charge in [0.1, 0.15) is 5.82 Å². The summed E-state index contributed by atoms with van der Waals surface area (Å²) in [5, 5.41) is 6.17. The van der Waals surface area contributed by atoms with Gasteiger partial charge in [0.2, 0.25) is 5.95 Å². The number of nitrogens with zero attached hydrogens (tertiary/aromatic N) is 2. The summed E-state index contributed by atoms with van der Waals surface area (Å²) in [7, 11) is 0. The van der Waals surface area contributed by atoms with Crippen molar-refractivity contribution in [1.82, 2.24) is 9.97 Å². The lowest BCUT2D eigenvalue weighted by molar-refractivity contribution is 0.449. The van der Waals surface area contributed by atoms with Gasteiger partial charge in [-0.25, -0.2) is 18.2 Å². The van der Waals surface area contributed by atoms with Gasteiger partial charge in [0.25, 0.3) is 0 Å². The molecule has 0 amide bonds. The van der Waals surface area contributed by atoms with Crippen molar-refractivity contribution in [3.63, 3.8) is 0 Å². The van der Waals surface area contributed by atoms with Crippen molar-refractivity contribution in [3.05, 3.63) is 70.1 Å². The standard InChI is InChI=1S/C16H9Cl2F3N4/c17-8-2-1-3-9(18)15(8)24-12-6-7-22-16(25-12)23-11-5-4-10(19)13(20)14(11)21/h1-7H,(H2,22,23,24,25). The highest BCUT2D eigenvalue weighted by Gasteiger charge is 2.14. The molecule has 128 valence electrons. The fraction of sp³-hybridized carbons (Fsp3) is 0. The summed E-state index contributed by atoms with van der Waals surface area (Å²) < 4.78 is 40.0. The number of halogens is 5. The lowest BCUT2D eigenvalue weighted by Gasteiger charge is -2.11. The minimum atomic E-state index is -1.58. The van der Waals surface area contributed by atoms with Crippen molar-refractivity contribution >= 4 is 46.3 Å². The van der Waals surface area contributed by atoms with E-state index in [1.54, 1.807) is 18.2 Å². The molecule has 2 N–H and O–H groups in total. The fourth-order valence-corrected chi connectivity index (χ4v) is 2.47. The van der Waals surface area contributed by atoms with Gasteiger partial charge in [0.15, 0.2) is 17.5 Å². The molecular weight excluding hydrogens is 376 g/mol. The van der Waals surface area contributed by atoms with Crippen LogP contribution < -0.4 is 10.6 Å². The first-order valence-corrected chi connectivity index (χ1v) is 7.66. The first-order valence-electron chi connectivity index (χ1n) is 6.90. The Morgan fingerprint density at radius 3 is 2.28 bits per heavy atom. The third-order valence-corrected chi connectivity index (χ3v) is 3.78. The second kappa shape index (κ2) is 7.16. The summed E-state index contributed by atoms with van der Waals surface area (Å²) in [6.45, 7) is 0. The Bertz CT molecular complexity index is 917. The van der Waals surface area contributed by atoms with Crippen LogP contribution in [-0.2, 0) is 0 Å². The molecule has 2 aromatic carbocycles. The van der Waals surface area contributed by atoms with E-state index in [0.717, 1.165) is 12.1 Å². The molecule has 0 radical (unpaired) electrons. The molecule has 0 saturated heterocycles. The third-order valence-electron chi connectivity index (χ3n) is 3.15. The monoisotopic (exact) mass is 384 g/mol. The van der Waals surface area contributed by atoms with E-state index in [2.05, 4.69) is 20.6 Å². The van der Waals surface area contributed by atoms with Gasteiger partial charge in [-0.1, -0.05) is 29.3 Å². The zero-order valence-corrected chi connectivity index (χ0v) is 13.8. The minimum Gasteiger partial charge on any atom is -0.338 e. The predicted molar refractivity (Wildman–Crippen MR) is 91.4 cm³/mol. The van der Waals surface area contributed by atoms with Crippen LogP contribution in [0, 0.1) is 17.5 Å². The number of anilines is 4. The van der Waals surface area contributed by atoms with Gasteiger partial charge in [-0.05, 0) is 30.3 Å². The molecule has 1 heterocycles. The van der Waals surface area contributed by atoms with E-state index >= 15 is 0 Å². The molecule has 25 heavy (non-hydrogen) atoms. The van der Waals surface area contributed by atoms with Crippen LogP contribution in [0.4, 0.5) is 36.3 Å². The smallest absolute Gasteiger partial charge is 0.229 e. The number of para-hydroxylation sites is 1. The van der Waals surface area contributed by atoms with Crippen LogP contribution in [0.2, 0.25) is 10.0 Å². The number of benzene rings is 2. The molecule has 3 aromatic rings. The van der Waals surface area contributed by atoms with E-state index in [1.807, 2.05) is 0 Å². The van der Waals surface area contributed by atoms with Gasteiger partial charge < -0.3 is 10.6 Å². The Hall–Kier alpha value is -2.51. The number of hydrogen-bond donors (Lipinski definition) is 2. The van der Waals surface area contributed by atoms with Crippen molar-refractivity contribution in [2.75, 3.05) is 10.6 Å². The van der Waals surface area contributed by atoms with Crippen molar-refractivity contribution in [2.24, 2.45) is 0 Å². The van der Waals surface area contributed by atoms with E-state index in [1.165, 1.54) is 12.3 Å². The number of nitrogens with one attached hydrogen (secondary N) is 2. The molecule has 0 saturated carbocycles. The van der Waals surface area contributed by atoms with Crippen molar-refractivity contribution < 1.29 is 13.2 Å². The van der Waals surface area contributed by atoms with Gasteiger partial charge in [-0.15, -0.1) is 0 Å². The summed E-state index contributed by atoms with van der Waals surface area (Å²) in [5.41, 5.74) is 0.140. The minimum absolute atomic E-state index is 0.0296. The summed E-state index contributed by atoms with van der Waals surface area (Å²) in [5.74, 6) is -3.94. The highest BCUT2D eigenvalue weighted by Crippen LogP contribution is 2.32. The van der Waals surface area contributed by atoms with Crippen LogP contribution in [0.25, 0.3) is 0 Å². The van der Waals surface area contributed by atoms with E-state index in [0.29, 0.717) is 21.6 Å². The first-order chi connectivity index (χ1) is 12.0. The van der Waals surface area contributed by atoms with E-state index in [-0.39, 0.29) is 11.6 Å². The van der Waals surface area contributed by atoms with Crippen LogP contribution in [0.5, 0.6) is 0 Å². The molecule has 4 nitrogen and oxygen atoms in total. The van der Waals surface area contributed by atoms with Gasteiger partial charge in [-0.3, -0.25) is 0 Å². The van der Waals surface area contributed by atoms with Gasteiger partial charge in [0.05, 0.1) is 21.4 Å². The van der Waals surface area contributed by atoms with Crippen molar-refractivity contribution in [3.8, 4) is 0 Å². The lowest BCUT2D eigenvalue weighted by Crippen LogP contribution is -2.03. The summed E-state index contributed by atoms with van der Waals surface area (Å²) in [6, 6.07) is 8.36. The maximum absolute atomic E-state index is 13.7. The number of rotatable bonds is 4. The summed E-state index contributed by atoms with van der Waals surface area (Å²) in [6.07, 6.45) is 1.39. The molecule has 0 atom stereocenters. The van der Waals surface area contributed by atoms with Crippen molar-refractivity contribution in [1.29, 1.82) is 0 Å². The molecule has 3 rings (SSSR count). The molecule has 0 bridgehead atoms. The molecular formula is C16H9Cl2F3N4. The predicted octanol–water partition coefficient (Wildman–Crippen LogP) is 5.69. The second-order valence-electron chi connectivity index (χ2n) is 4.84. The van der Waals surface area contributed by atoms with Crippen LogP contribution >= 0.6 is 23.2 Å². The zero-order valence-electron chi connectivity index (χ0n) is 12.3. The average Bonchev–Trinajstić information content (AvgIpc) is 2.59. The van der Waals surface area contributed by atoms with Crippen LogP contribution in [0.1, 0.15) is 0 Å². The second-order valence-corrected chi connectivity index (χ2v) is 5.65. The molecule has 0 aliphatic carbocycles. The SMILES string of the molecule is Fc1ccc(Nc2nccc(Nc3c(Cl)cccc3Cl)n2)c(F)c1F. The lowest BCUT2D eigenvalue weighted by atomic mass is 10.3. The van der Waals surface area contributed by atoms with E-state index < -0.39 is 17.5 Å². The topological polar surface area (TPSA) is 49.8 Å². The maximum Gasteiger partial charge on any atom is 0.229 e. The molecule has 9 heteroatoms. The molecule has 0 aliphatic heterocycles. The quantitative estimate of drug-likeness (QED) is 0.567. The molecule has 0 unspecified atom stereocenters. The Morgan fingerprint density at radius 2 is 1.56 bits per heavy atom. The Balaban J connectivity index is 1.86. The fourth-order valence-electron chi connectivity index (χ4n) is 1.98. The van der Waals surface area contributed by atoms with E-state index in [4.69, 9.17) is 23.2 Å². The average molecular weight is 385 g/mol. The van der Waals surface area contributed by atoms with Crippen LogP contribution in [0.15, 0.2) is 42.6 Å². The Morgan fingerprint density at radius 1 is 0.840 bits per heavy atom. The summed E-state index contributed by atoms with van der Waals surface area (Å²) in [4.78, 5) is 8.01. The molecule has 0 spiro atoms. The van der Waals surface area contributed by atoms with Gasteiger partial charge >= 0.3 is 0 Å². The maximum atomic E-state index is 13.7. The zero-order chi connectivity index (χ0) is 18.0. The Kier molecular flexibility index (Phi) is 4.96. The number of aromatic nitrogens is 2. The molecule has 0 aliphatic rings. The van der Waals surface area contributed by atoms with Crippen LogP contribution in [-0.4, -0.2) is 9.97 Å². The molecule has 0 fully saturated rings. The molecule has 1 aromatic heterocycles. The van der Waals surface area contributed by atoms with Gasteiger partial charge in [0, 0.05) is 6.20 Å². The summed E-state index contributed by atoms with van der Waals surface area (Å²) >= 11 is 12.1. The normalized spacial score (nSPS) is 10.6. The third kappa shape index (κ3) is 3.78. The van der Waals surface area contributed by atoms with Crippen LogP contribution in [0.3, 0.4) is 0 Å². The highest BCUT2D eigenvalue weighted by molar-refractivity contribution is 6.39. The highest BCUT2D eigenvalue weighted by atomic mass is 35.5. The largest absolute Gasteiger partial charge is 0.338 e. The van der Waals surface area contributed by atoms with E-state index in [9.17, 15) is 13.2 Å². The van der Waals surface area contributed by atoms with Gasteiger partial charge in [-0.2, -0.15) is 4.98 Å². The first kappa shape index (κ1) is 17.3. The number of hydrogen-bond acceptors (Lipinski definition) is 4.